The number of hydrogen-bond donors (Lipinski definition) is 1. The van der Waals surface area contributed by atoms with Crippen molar-refractivity contribution in [1.82, 2.24) is 0 Å². The standard InChI is InChI=1S/C27H28N2O3S/c1-4-13-31-22-9-10-24-23(16-22)27(21-7-5-20(6-8-21)19(2)3)28-18-29(24)17-26-25(11-15-33-26)32-14-12-30/h1,5-11,15-16,19,30H,12-14,17-18H2,2-3H3. The molecule has 0 aliphatic carbocycles. The Morgan fingerprint density at radius 2 is 1.97 bits per heavy atom. The topological polar surface area (TPSA) is 54.3 Å². The van der Waals surface area contributed by atoms with E-state index in [0.29, 0.717) is 19.1 Å². The molecule has 0 saturated carbocycles. The predicted octanol–water partition coefficient (Wildman–Crippen LogP) is 5.07. The fourth-order valence-corrected chi connectivity index (χ4v) is 4.65. The molecule has 6 heteroatoms. The number of fused-ring (bicyclic) bond motifs is 1. The highest BCUT2D eigenvalue weighted by molar-refractivity contribution is 7.10. The van der Waals surface area contributed by atoms with Gasteiger partial charge >= 0.3 is 0 Å². The summed E-state index contributed by atoms with van der Waals surface area (Å²) in [6.45, 7) is 6.08. The molecule has 0 bridgehead atoms. The van der Waals surface area contributed by atoms with E-state index in [0.717, 1.165) is 38.9 Å². The van der Waals surface area contributed by atoms with Crippen molar-refractivity contribution in [2.75, 3.05) is 31.4 Å². The summed E-state index contributed by atoms with van der Waals surface area (Å²) < 4.78 is 11.4. The summed E-state index contributed by atoms with van der Waals surface area (Å²) in [7, 11) is 0. The number of terminal acetylenes is 1. The zero-order chi connectivity index (χ0) is 23.2. The van der Waals surface area contributed by atoms with E-state index in [4.69, 9.17) is 26.0 Å². The Kier molecular flexibility index (Phi) is 7.33. The minimum Gasteiger partial charge on any atom is -0.490 e. The summed E-state index contributed by atoms with van der Waals surface area (Å²) in [6, 6.07) is 16.6. The molecule has 5 nitrogen and oxygen atoms in total. The highest BCUT2D eigenvalue weighted by Crippen LogP contribution is 2.35. The molecule has 0 amide bonds. The first-order valence-corrected chi connectivity index (χ1v) is 11.9. The van der Waals surface area contributed by atoms with Crippen molar-refractivity contribution in [2.45, 2.75) is 26.3 Å². The second-order valence-electron chi connectivity index (χ2n) is 8.07. The number of rotatable bonds is 9. The van der Waals surface area contributed by atoms with Crippen LogP contribution in [0.15, 0.2) is 58.9 Å². The van der Waals surface area contributed by atoms with Gasteiger partial charge < -0.3 is 19.5 Å². The van der Waals surface area contributed by atoms with Crippen LogP contribution in [0.4, 0.5) is 5.69 Å². The second-order valence-corrected chi connectivity index (χ2v) is 9.08. The van der Waals surface area contributed by atoms with Crippen molar-refractivity contribution in [2.24, 2.45) is 4.99 Å². The maximum atomic E-state index is 9.11. The predicted molar refractivity (Wildman–Crippen MR) is 135 cm³/mol. The number of benzene rings is 2. The molecule has 0 spiro atoms. The molecule has 0 radical (unpaired) electrons. The number of aliphatic hydroxyl groups is 1. The quantitative estimate of drug-likeness (QED) is 0.453. The lowest BCUT2D eigenvalue weighted by atomic mass is 9.95. The third kappa shape index (κ3) is 5.22. The van der Waals surface area contributed by atoms with Crippen LogP contribution in [0.5, 0.6) is 11.5 Å². The Morgan fingerprint density at radius 3 is 2.70 bits per heavy atom. The van der Waals surface area contributed by atoms with Gasteiger partial charge in [-0.2, -0.15) is 0 Å². The molecule has 2 heterocycles. The maximum Gasteiger partial charge on any atom is 0.148 e. The van der Waals surface area contributed by atoms with Crippen LogP contribution in [-0.2, 0) is 6.54 Å². The number of aliphatic hydroxyl groups excluding tert-OH is 1. The molecule has 1 aliphatic heterocycles. The van der Waals surface area contributed by atoms with Gasteiger partial charge in [-0.15, -0.1) is 17.8 Å². The number of aliphatic imine (C=N–C) groups is 1. The van der Waals surface area contributed by atoms with Crippen LogP contribution in [0.2, 0.25) is 0 Å². The lowest BCUT2D eigenvalue weighted by Crippen LogP contribution is -2.29. The fourth-order valence-electron chi connectivity index (χ4n) is 3.82. The SMILES string of the molecule is C#CCOc1ccc2c(c1)C(c1ccc(C(C)C)cc1)=NCN2Cc1sccc1OCCO. The smallest absolute Gasteiger partial charge is 0.148 e. The van der Waals surface area contributed by atoms with Gasteiger partial charge in [0.05, 0.1) is 23.7 Å². The van der Waals surface area contributed by atoms with Crippen LogP contribution < -0.4 is 14.4 Å². The first-order valence-electron chi connectivity index (χ1n) is 11.0. The molecule has 0 saturated heterocycles. The molecular formula is C27H28N2O3S. The third-order valence-corrected chi connectivity index (χ3v) is 6.41. The zero-order valence-electron chi connectivity index (χ0n) is 19.0. The number of thiophene rings is 1. The van der Waals surface area contributed by atoms with Crippen LogP contribution in [0, 0.1) is 12.3 Å². The summed E-state index contributed by atoms with van der Waals surface area (Å²) in [5.74, 6) is 4.54. The van der Waals surface area contributed by atoms with Crippen LogP contribution in [-0.4, -0.2) is 37.3 Å². The first kappa shape index (κ1) is 22.9. The molecule has 33 heavy (non-hydrogen) atoms. The van der Waals surface area contributed by atoms with Crippen molar-refractivity contribution in [3.63, 3.8) is 0 Å². The summed E-state index contributed by atoms with van der Waals surface area (Å²) in [5.41, 5.74) is 5.43. The van der Waals surface area contributed by atoms with Gasteiger partial charge in [0.25, 0.3) is 0 Å². The van der Waals surface area contributed by atoms with Crippen molar-refractivity contribution in [3.05, 3.63) is 75.5 Å². The molecule has 0 fully saturated rings. The van der Waals surface area contributed by atoms with Gasteiger partial charge in [0.2, 0.25) is 0 Å². The fraction of sp³-hybridized carbons (Fsp3) is 0.296. The molecule has 0 unspecified atom stereocenters. The minimum absolute atomic E-state index is 0.00841. The van der Waals surface area contributed by atoms with E-state index in [-0.39, 0.29) is 19.8 Å². The number of ether oxygens (including phenoxy) is 2. The largest absolute Gasteiger partial charge is 0.490 e. The van der Waals surface area contributed by atoms with Crippen molar-refractivity contribution in [1.29, 1.82) is 0 Å². The highest BCUT2D eigenvalue weighted by atomic mass is 32.1. The Labute approximate surface area is 199 Å². The lowest BCUT2D eigenvalue weighted by Gasteiger charge is -2.30. The van der Waals surface area contributed by atoms with Gasteiger partial charge in [-0.1, -0.05) is 44.0 Å². The van der Waals surface area contributed by atoms with E-state index < -0.39 is 0 Å². The molecule has 2 aromatic carbocycles. The molecule has 1 aromatic heterocycles. The van der Waals surface area contributed by atoms with Gasteiger partial charge in [0.1, 0.15) is 31.4 Å². The van der Waals surface area contributed by atoms with E-state index in [1.165, 1.54) is 5.56 Å². The van der Waals surface area contributed by atoms with Crippen LogP contribution >= 0.6 is 11.3 Å². The van der Waals surface area contributed by atoms with Crippen LogP contribution in [0.3, 0.4) is 0 Å². The normalized spacial score (nSPS) is 12.8. The molecule has 4 rings (SSSR count). The third-order valence-electron chi connectivity index (χ3n) is 5.52. The van der Waals surface area contributed by atoms with Gasteiger partial charge in [0, 0.05) is 16.8 Å². The Hall–Kier alpha value is -3.27. The molecule has 0 atom stereocenters. The van der Waals surface area contributed by atoms with Gasteiger partial charge in [-0.3, -0.25) is 4.99 Å². The summed E-state index contributed by atoms with van der Waals surface area (Å²) in [5, 5.41) is 11.1. The number of nitrogens with zero attached hydrogens (tertiary/aromatic N) is 2. The Bertz CT molecular complexity index is 1160. The number of anilines is 1. The average molecular weight is 461 g/mol. The van der Waals surface area contributed by atoms with E-state index in [1.807, 2.05) is 23.6 Å². The molecule has 170 valence electrons. The molecule has 1 N–H and O–H groups in total. The number of hydrogen-bond acceptors (Lipinski definition) is 6. The van der Waals surface area contributed by atoms with E-state index in [1.54, 1.807) is 11.3 Å². The summed E-state index contributed by atoms with van der Waals surface area (Å²) >= 11 is 1.64. The van der Waals surface area contributed by atoms with Crippen molar-refractivity contribution in [3.8, 4) is 23.8 Å². The zero-order valence-corrected chi connectivity index (χ0v) is 19.8. The summed E-state index contributed by atoms with van der Waals surface area (Å²) in [6.07, 6.45) is 5.38. The van der Waals surface area contributed by atoms with E-state index >= 15 is 0 Å². The summed E-state index contributed by atoms with van der Waals surface area (Å²) in [4.78, 5) is 8.29. The Morgan fingerprint density at radius 1 is 1.15 bits per heavy atom. The van der Waals surface area contributed by atoms with Gasteiger partial charge in [-0.05, 0) is 41.1 Å². The average Bonchev–Trinajstić information content (AvgIpc) is 3.28. The van der Waals surface area contributed by atoms with E-state index in [2.05, 4.69) is 55.0 Å². The van der Waals surface area contributed by atoms with E-state index in [9.17, 15) is 0 Å². The molecular weight excluding hydrogens is 432 g/mol. The van der Waals surface area contributed by atoms with Gasteiger partial charge in [-0.25, -0.2) is 0 Å². The second kappa shape index (κ2) is 10.6. The first-order chi connectivity index (χ1) is 16.1. The van der Waals surface area contributed by atoms with Crippen molar-refractivity contribution >= 4 is 22.7 Å². The van der Waals surface area contributed by atoms with Crippen LogP contribution in [0.25, 0.3) is 0 Å². The van der Waals surface area contributed by atoms with Crippen molar-refractivity contribution < 1.29 is 14.6 Å². The minimum atomic E-state index is -0.00841. The lowest BCUT2D eigenvalue weighted by molar-refractivity contribution is 0.201. The van der Waals surface area contributed by atoms with Crippen LogP contribution in [0.1, 0.15) is 41.3 Å². The maximum absolute atomic E-state index is 9.11. The molecule has 1 aliphatic rings. The molecule has 3 aromatic rings. The highest BCUT2D eigenvalue weighted by Gasteiger charge is 2.23. The monoisotopic (exact) mass is 460 g/mol. The Balaban J connectivity index is 1.67. The van der Waals surface area contributed by atoms with Gasteiger partial charge in [0.15, 0.2) is 0 Å².